The normalized spacial score (nSPS) is 10.1. The predicted molar refractivity (Wildman–Crippen MR) is 75.3 cm³/mol. The summed E-state index contributed by atoms with van der Waals surface area (Å²) in [5.41, 5.74) is -0.599. The maximum Gasteiger partial charge on any atom is 0.300 e. The van der Waals surface area contributed by atoms with Crippen molar-refractivity contribution < 1.29 is 9.72 Å². The summed E-state index contributed by atoms with van der Waals surface area (Å²) in [6.45, 7) is 0. The summed E-state index contributed by atoms with van der Waals surface area (Å²) in [7, 11) is 0. The van der Waals surface area contributed by atoms with Gasteiger partial charge in [0.1, 0.15) is 21.6 Å². The Hall–Kier alpha value is -2.18. The molecule has 0 bridgehead atoms. The van der Waals surface area contributed by atoms with E-state index in [1.165, 1.54) is 24.3 Å². The van der Waals surface area contributed by atoms with Gasteiger partial charge in [-0.1, -0.05) is 35.3 Å². The van der Waals surface area contributed by atoms with E-state index in [4.69, 9.17) is 23.2 Å². The molecule has 0 aliphatic heterocycles. The molecule has 0 spiro atoms. The third kappa shape index (κ3) is 3.04. The minimum atomic E-state index is -0.706. The summed E-state index contributed by atoms with van der Waals surface area (Å²) in [6, 6.07) is 8.75. The molecule has 0 aliphatic rings. The lowest BCUT2D eigenvalue weighted by Crippen LogP contribution is -2.15. The number of nitro benzene ring substituents is 1. The zero-order valence-corrected chi connectivity index (χ0v) is 11.4. The number of pyridine rings is 1. The number of rotatable bonds is 3. The van der Waals surface area contributed by atoms with E-state index < -0.39 is 16.5 Å². The number of hydrogen-bond acceptors (Lipinski definition) is 4. The first-order valence-corrected chi connectivity index (χ1v) is 6.11. The first kappa shape index (κ1) is 14.2. The second kappa shape index (κ2) is 5.85. The number of nitro groups is 1. The molecule has 0 saturated heterocycles. The highest BCUT2D eigenvalue weighted by atomic mass is 35.5. The molecule has 1 N–H and O–H groups in total. The van der Waals surface area contributed by atoms with Crippen molar-refractivity contribution in [2.75, 3.05) is 5.32 Å². The SMILES string of the molecule is O=C(Nc1cccc(Cl)n1)c1cccc(Cl)c1[N+](=O)[O-]. The number of nitrogens with zero attached hydrogens (tertiary/aromatic N) is 2. The quantitative estimate of drug-likeness (QED) is 0.533. The zero-order chi connectivity index (χ0) is 14.7. The number of benzene rings is 1. The number of anilines is 1. The average molecular weight is 312 g/mol. The molecule has 0 aliphatic carbocycles. The van der Waals surface area contributed by atoms with Gasteiger partial charge >= 0.3 is 5.69 Å². The standard InChI is InChI=1S/C12H7Cl2N3O3/c13-8-4-1-3-7(11(8)17(19)20)12(18)16-10-6-2-5-9(14)15-10/h1-6H,(H,15,16,18). The molecule has 1 aromatic heterocycles. The van der Waals surface area contributed by atoms with Gasteiger partial charge in [-0.25, -0.2) is 4.98 Å². The van der Waals surface area contributed by atoms with Crippen molar-refractivity contribution in [3.63, 3.8) is 0 Å². The van der Waals surface area contributed by atoms with Gasteiger partial charge in [-0.05, 0) is 24.3 Å². The molecule has 0 radical (unpaired) electrons. The summed E-state index contributed by atoms with van der Waals surface area (Å²) in [6.07, 6.45) is 0. The third-order valence-corrected chi connectivity index (χ3v) is 2.89. The van der Waals surface area contributed by atoms with Crippen LogP contribution in [0.15, 0.2) is 36.4 Å². The fraction of sp³-hybridized carbons (Fsp3) is 0. The zero-order valence-electron chi connectivity index (χ0n) is 9.84. The van der Waals surface area contributed by atoms with Crippen molar-refractivity contribution in [2.45, 2.75) is 0 Å². The van der Waals surface area contributed by atoms with Gasteiger partial charge in [0.15, 0.2) is 0 Å². The largest absolute Gasteiger partial charge is 0.306 e. The van der Waals surface area contributed by atoms with Crippen molar-refractivity contribution in [1.82, 2.24) is 4.98 Å². The molecule has 20 heavy (non-hydrogen) atoms. The Kier molecular flexibility index (Phi) is 4.16. The number of para-hydroxylation sites is 1. The van der Waals surface area contributed by atoms with Crippen LogP contribution in [-0.4, -0.2) is 15.8 Å². The van der Waals surface area contributed by atoms with Crippen LogP contribution in [0.5, 0.6) is 0 Å². The van der Waals surface area contributed by atoms with Crippen LogP contribution in [0, 0.1) is 10.1 Å². The molecule has 0 atom stereocenters. The maximum absolute atomic E-state index is 12.0. The molecule has 1 heterocycles. The third-order valence-electron chi connectivity index (χ3n) is 2.37. The summed E-state index contributed by atoms with van der Waals surface area (Å²) in [4.78, 5) is 26.2. The van der Waals surface area contributed by atoms with E-state index in [-0.39, 0.29) is 21.6 Å². The van der Waals surface area contributed by atoms with E-state index >= 15 is 0 Å². The smallest absolute Gasteiger partial charge is 0.300 e. The summed E-state index contributed by atoms with van der Waals surface area (Å²) < 4.78 is 0. The predicted octanol–water partition coefficient (Wildman–Crippen LogP) is 3.55. The monoisotopic (exact) mass is 311 g/mol. The number of carbonyl (C=O) groups excluding carboxylic acids is 1. The highest BCUT2D eigenvalue weighted by Crippen LogP contribution is 2.28. The van der Waals surface area contributed by atoms with Crippen LogP contribution in [0.2, 0.25) is 10.2 Å². The Morgan fingerprint density at radius 2 is 1.90 bits per heavy atom. The van der Waals surface area contributed by atoms with Crippen LogP contribution < -0.4 is 5.32 Å². The second-order valence-corrected chi connectivity index (χ2v) is 4.49. The van der Waals surface area contributed by atoms with Crippen LogP contribution in [-0.2, 0) is 0 Å². The van der Waals surface area contributed by atoms with Crippen molar-refractivity contribution in [3.05, 3.63) is 62.3 Å². The van der Waals surface area contributed by atoms with Crippen molar-refractivity contribution in [1.29, 1.82) is 0 Å². The van der Waals surface area contributed by atoms with Crippen LogP contribution in [0.3, 0.4) is 0 Å². The lowest BCUT2D eigenvalue weighted by Gasteiger charge is -2.06. The Labute approximate surface area is 123 Å². The molecule has 2 aromatic rings. The average Bonchev–Trinajstić information content (AvgIpc) is 2.37. The highest BCUT2D eigenvalue weighted by Gasteiger charge is 2.23. The van der Waals surface area contributed by atoms with E-state index in [9.17, 15) is 14.9 Å². The molecule has 0 fully saturated rings. The van der Waals surface area contributed by atoms with Gasteiger partial charge < -0.3 is 5.32 Å². The van der Waals surface area contributed by atoms with Crippen molar-refractivity contribution in [2.24, 2.45) is 0 Å². The lowest BCUT2D eigenvalue weighted by molar-refractivity contribution is -0.385. The van der Waals surface area contributed by atoms with Crippen LogP contribution >= 0.6 is 23.2 Å². The number of carbonyl (C=O) groups is 1. The summed E-state index contributed by atoms with van der Waals surface area (Å²) in [5, 5.41) is 13.5. The molecule has 2 rings (SSSR count). The van der Waals surface area contributed by atoms with Crippen molar-refractivity contribution >= 4 is 40.6 Å². The highest BCUT2D eigenvalue weighted by molar-refractivity contribution is 6.33. The molecule has 1 aromatic carbocycles. The molecule has 6 nitrogen and oxygen atoms in total. The van der Waals surface area contributed by atoms with E-state index in [1.807, 2.05) is 0 Å². The van der Waals surface area contributed by atoms with Gasteiger partial charge in [0, 0.05) is 0 Å². The first-order valence-electron chi connectivity index (χ1n) is 5.36. The van der Waals surface area contributed by atoms with Crippen LogP contribution in [0.4, 0.5) is 11.5 Å². The van der Waals surface area contributed by atoms with E-state index in [0.717, 1.165) is 0 Å². The van der Waals surface area contributed by atoms with Gasteiger partial charge in [0.2, 0.25) is 0 Å². The molecule has 0 saturated carbocycles. The molecule has 1 amide bonds. The van der Waals surface area contributed by atoms with E-state index in [1.54, 1.807) is 12.1 Å². The Balaban J connectivity index is 2.35. The van der Waals surface area contributed by atoms with E-state index in [2.05, 4.69) is 10.3 Å². The molecule has 8 heteroatoms. The first-order chi connectivity index (χ1) is 9.49. The number of aromatic nitrogens is 1. The summed E-state index contributed by atoms with van der Waals surface area (Å²) in [5.74, 6) is -0.495. The van der Waals surface area contributed by atoms with Gasteiger partial charge in [-0.15, -0.1) is 0 Å². The number of hydrogen-bond donors (Lipinski definition) is 1. The minimum absolute atomic E-state index is 0.110. The summed E-state index contributed by atoms with van der Waals surface area (Å²) >= 11 is 11.4. The number of amides is 1. The fourth-order valence-corrected chi connectivity index (χ4v) is 1.95. The van der Waals surface area contributed by atoms with Gasteiger partial charge in [0.25, 0.3) is 5.91 Å². The van der Waals surface area contributed by atoms with Crippen molar-refractivity contribution in [3.8, 4) is 0 Å². The minimum Gasteiger partial charge on any atom is -0.306 e. The molecular formula is C12H7Cl2N3O3. The van der Waals surface area contributed by atoms with E-state index in [0.29, 0.717) is 0 Å². The number of nitrogens with one attached hydrogen (secondary N) is 1. The second-order valence-electron chi connectivity index (χ2n) is 3.69. The lowest BCUT2D eigenvalue weighted by atomic mass is 10.1. The van der Waals surface area contributed by atoms with Crippen LogP contribution in [0.1, 0.15) is 10.4 Å². The Morgan fingerprint density at radius 3 is 2.55 bits per heavy atom. The topological polar surface area (TPSA) is 85.1 Å². The molecule has 0 unspecified atom stereocenters. The van der Waals surface area contributed by atoms with Gasteiger partial charge in [0.05, 0.1) is 4.92 Å². The Morgan fingerprint density at radius 1 is 1.20 bits per heavy atom. The number of halogens is 2. The fourth-order valence-electron chi connectivity index (χ4n) is 1.55. The molecular weight excluding hydrogens is 305 g/mol. The Bertz CT molecular complexity index is 691. The maximum atomic E-state index is 12.0. The van der Waals surface area contributed by atoms with Crippen LogP contribution in [0.25, 0.3) is 0 Å². The van der Waals surface area contributed by atoms with Gasteiger partial charge in [-0.2, -0.15) is 0 Å². The molecule has 102 valence electrons. The van der Waals surface area contributed by atoms with Gasteiger partial charge in [-0.3, -0.25) is 14.9 Å².